The molecule has 0 amide bonds. The number of aromatic nitrogens is 4. The minimum absolute atomic E-state index is 0.117. The normalized spacial score (nSPS) is 10.9. The van der Waals surface area contributed by atoms with Gasteiger partial charge >= 0.3 is 5.69 Å². The van der Waals surface area contributed by atoms with E-state index in [1.54, 1.807) is 6.07 Å². The molecule has 6 nitrogen and oxygen atoms in total. The Morgan fingerprint density at radius 2 is 2.04 bits per heavy atom. The molecular weight excluding hydrogens is 347 g/mol. The molecule has 0 aliphatic heterocycles. The van der Waals surface area contributed by atoms with E-state index in [2.05, 4.69) is 10.4 Å². The number of benzene rings is 2. The Hall–Kier alpha value is -2.67. The summed E-state index contributed by atoms with van der Waals surface area (Å²) in [7, 11) is 1.53. The van der Waals surface area contributed by atoms with E-state index in [0.29, 0.717) is 10.7 Å². The summed E-state index contributed by atoms with van der Waals surface area (Å²) < 4.78 is 21.5. The first kappa shape index (κ1) is 17.2. The van der Waals surface area contributed by atoms with Gasteiger partial charge in [0, 0.05) is 18.7 Å². The van der Waals surface area contributed by atoms with Crippen molar-refractivity contribution in [2.45, 2.75) is 20.0 Å². The fourth-order valence-electron chi connectivity index (χ4n) is 2.52. The van der Waals surface area contributed by atoms with Gasteiger partial charge < -0.3 is 4.74 Å². The average molecular weight is 363 g/mol. The number of ether oxygens (including phenoxy) is 1. The standard InChI is InChI=1S/C17H16ClFN4O2/c1-3-11-5-4-6-15(23-17(24)22(2)20-21-23)13(11)10-25-16-9-12(19)7-8-14(16)18/h4-9H,3,10H2,1-2H3. The number of tetrazole rings is 1. The van der Waals surface area contributed by atoms with Gasteiger partial charge in [-0.15, -0.1) is 0 Å². The van der Waals surface area contributed by atoms with Crippen LogP contribution in [0.15, 0.2) is 41.2 Å². The van der Waals surface area contributed by atoms with E-state index in [1.807, 2.05) is 19.1 Å². The molecule has 0 N–H and O–H groups in total. The molecule has 130 valence electrons. The van der Waals surface area contributed by atoms with Crippen LogP contribution in [0, 0.1) is 5.82 Å². The van der Waals surface area contributed by atoms with Crippen LogP contribution in [0.5, 0.6) is 5.75 Å². The lowest BCUT2D eigenvalue weighted by molar-refractivity contribution is 0.303. The van der Waals surface area contributed by atoms with Gasteiger partial charge in [0.15, 0.2) is 0 Å². The number of hydrogen-bond acceptors (Lipinski definition) is 4. The molecule has 0 aliphatic carbocycles. The Morgan fingerprint density at radius 1 is 1.24 bits per heavy atom. The van der Waals surface area contributed by atoms with Crippen molar-refractivity contribution in [1.82, 2.24) is 19.8 Å². The van der Waals surface area contributed by atoms with Crippen LogP contribution >= 0.6 is 11.6 Å². The molecule has 0 unspecified atom stereocenters. The van der Waals surface area contributed by atoms with Crippen LogP contribution in [0.25, 0.3) is 5.69 Å². The summed E-state index contributed by atoms with van der Waals surface area (Å²) in [5, 5.41) is 7.94. The Labute approximate surface area is 148 Å². The zero-order chi connectivity index (χ0) is 18.0. The molecule has 0 atom stereocenters. The van der Waals surface area contributed by atoms with Crippen LogP contribution in [0.2, 0.25) is 5.02 Å². The topological polar surface area (TPSA) is 61.9 Å². The number of aryl methyl sites for hydroxylation is 2. The lowest BCUT2D eigenvalue weighted by atomic mass is 10.0. The highest BCUT2D eigenvalue weighted by Crippen LogP contribution is 2.27. The van der Waals surface area contributed by atoms with Crippen molar-refractivity contribution in [1.29, 1.82) is 0 Å². The van der Waals surface area contributed by atoms with Crippen molar-refractivity contribution >= 4 is 11.6 Å². The van der Waals surface area contributed by atoms with Crippen molar-refractivity contribution in [3.63, 3.8) is 0 Å². The van der Waals surface area contributed by atoms with Crippen molar-refractivity contribution in [2.24, 2.45) is 7.05 Å². The molecular formula is C17H16ClFN4O2. The molecule has 0 saturated heterocycles. The first-order valence-corrected chi connectivity index (χ1v) is 8.07. The molecule has 1 heterocycles. The van der Waals surface area contributed by atoms with E-state index in [-0.39, 0.29) is 18.0 Å². The van der Waals surface area contributed by atoms with Crippen LogP contribution in [-0.4, -0.2) is 19.8 Å². The molecule has 0 saturated carbocycles. The van der Waals surface area contributed by atoms with Gasteiger partial charge in [0.2, 0.25) is 0 Å². The highest BCUT2D eigenvalue weighted by Gasteiger charge is 2.15. The van der Waals surface area contributed by atoms with Crippen LogP contribution in [-0.2, 0) is 20.1 Å². The third-order valence-corrected chi connectivity index (χ3v) is 4.16. The molecule has 3 rings (SSSR count). The molecule has 0 aliphatic rings. The monoisotopic (exact) mass is 362 g/mol. The lowest BCUT2D eigenvalue weighted by Crippen LogP contribution is -2.23. The van der Waals surface area contributed by atoms with Crippen LogP contribution in [0.3, 0.4) is 0 Å². The maximum Gasteiger partial charge on any atom is 0.368 e. The van der Waals surface area contributed by atoms with E-state index in [9.17, 15) is 9.18 Å². The summed E-state index contributed by atoms with van der Waals surface area (Å²) in [5.41, 5.74) is 1.97. The average Bonchev–Trinajstić information content (AvgIpc) is 2.94. The van der Waals surface area contributed by atoms with Gasteiger partial charge in [0.1, 0.15) is 18.2 Å². The fraction of sp³-hybridized carbons (Fsp3) is 0.235. The third kappa shape index (κ3) is 3.41. The quantitative estimate of drug-likeness (QED) is 0.700. The van der Waals surface area contributed by atoms with Crippen molar-refractivity contribution < 1.29 is 9.13 Å². The molecule has 0 spiro atoms. The zero-order valence-corrected chi connectivity index (χ0v) is 14.5. The van der Waals surface area contributed by atoms with Crippen LogP contribution in [0.4, 0.5) is 4.39 Å². The van der Waals surface area contributed by atoms with Gasteiger partial charge in [-0.2, -0.15) is 9.36 Å². The van der Waals surface area contributed by atoms with Crippen LogP contribution < -0.4 is 10.4 Å². The van der Waals surface area contributed by atoms with E-state index < -0.39 is 5.82 Å². The van der Waals surface area contributed by atoms with Crippen molar-refractivity contribution in [3.8, 4) is 11.4 Å². The molecule has 0 radical (unpaired) electrons. The maximum absolute atomic E-state index is 13.4. The summed E-state index contributed by atoms with van der Waals surface area (Å²) in [5.74, 6) is -0.196. The second kappa shape index (κ2) is 7.06. The summed E-state index contributed by atoms with van der Waals surface area (Å²) in [6.45, 7) is 2.11. The minimum atomic E-state index is -0.437. The second-order valence-corrected chi connectivity index (χ2v) is 5.84. The van der Waals surface area contributed by atoms with Gasteiger partial charge in [0.25, 0.3) is 0 Å². The van der Waals surface area contributed by atoms with Crippen molar-refractivity contribution in [3.05, 3.63) is 68.8 Å². The molecule has 8 heteroatoms. The Kier molecular flexibility index (Phi) is 4.85. The highest BCUT2D eigenvalue weighted by atomic mass is 35.5. The molecule has 0 fully saturated rings. The van der Waals surface area contributed by atoms with Gasteiger partial charge in [0.05, 0.1) is 10.7 Å². The van der Waals surface area contributed by atoms with E-state index >= 15 is 0 Å². The molecule has 0 bridgehead atoms. The predicted molar refractivity (Wildman–Crippen MR) is 91.7 cm³/mol. The second-order valence-electron chi connectivity index (χ2n) is 5.43. The SMILES string of the molecule is CCc1cccc(-n2nnn(C)c2=O)c1COc1cc(F)ccc1Cl. The first-order chi connectivity index (χ1) is 12.0. The first-order valence-electron chi connectivity index (χ1n) is 7.69. The Bertz CT molecular complexity index is 968. The van der Waals surface area contributed by atoms with E-state index in [1.165, 1.54) is 29.9 Å². The summed E-state index contributed by atoms with van der Waals surface area (Å²) in [6, 6.07) is 9.47. The lowest BCUT2D eigenvalue weighted by Gasteiger charge is -2.15. The molecule has 1 aromatic heterocycles. The summed E-state index contributed by atoms with van der Waals surface area (Å²) in [4.78, 5) is 12.2. The van der Waals surface area contributed by atoms with Crippen molar-refractivity contribution in [2.75, 3.05) is 0 Å². The number of nitrogens with zero attached hydrogens (tertiary/aromatic N) is 4. The largest absolute Gasteiger partial charge is 0.487 e. The number of halogens is 2. The Balaban J connectivity index is 2.01. The molecule has 25 heavy (non-hydrogen) atoms. The van der Waals surface area contributed by atoms with Gasteiger partial charge in [-0.05, 0) is 40.6 Å². The van der Waals surface area contributed by atoms with Crippen LogP contribution in [0.1, 0.15) is 18.1 Å². The minimum Gasteiger partial charge on any atom is -0.487 e. The number of hydrogen-bond donors (Lipinski definition) is 0. The highest BCUT2D eigenvalue weighted by molar-refractivity contribution is 6.32. The van der Waals surface area contributed by atoms with Gasteiger partial charge in [-0.25, -0.2) is 9.18 Å². The molecule has 3 aromatic rings. The van der Waals surface area contributed by atoms with Gasteiger partial charge in [-0.3, -0.25) is 0 Å². The maximum atomic E-state index is 13.4. The van der Waals surface area contributed by atoms with E-state index in [0.717, 1.165) is 22.2 Å². The summed E-state index contributed by atoms with van der Waals surface area (Å²) >= 11 is 6.05. The molecule has 2 aromatic carbocycles. The number of rotatable bonds is 5. The predicted octanol–water partition coefficient (Wildman–Crippen LogP) is 2.90. The third-order valence-electron chi connectivity index (χ3n) is 3.84. The smallest absolute Gasteiger partial charge is 0.368 e. The summed E-state index contributed by atoms with van der Waals surface area (Å²) in [6.07, 6.45) is 0.735. The van der Waals surface area contributed by atoms with Gasteiger partial charge in [-0.1, -0.05) is 30.7 Å². The zero-order valence-electron chi connectivity index (χ0n) is 13.7. The Morgan fingerprint density at radius 3 is 2.72 bits per heavy atom. The van der Waals surface area contributed by atoms with E-state index in [4.69, 9.17) is 16.3 Å². The fourth-order valence-corrected chi connectivity index (χ4v) is 2.69.